The van der Waals surface area contributed by atoms with Gasteiger partial charge in [-0.05, 0) is 62.1 Å². The largest absolute Gasteiger partial charge is 0.305 e. The molecule has 5 nitrogen and oxygen atoms in total. The molecule has 0 saturated carbocycles. The molecular formula is C20H22N2O3S. The van der Waals surface area contributed by atoms with Crippen molar-refractivity contribution in [2.45, 2.75) is 37.1 Å². The van der Waals surface area contributed by atoms with E-state index in [1.54, 1.807) is 39.5 Å². The van der Waals surface area contributed by atoms with E-state index in [2.05, 4.69) is 0 Å². The average Bonchev–Trinajstić information content (AvgIpc) is 3.29. The Balaban J connectivity index is 1.68. The Morgan fingerprint density at radius 3 is 2.42 bits per heavy atom. The van der Waals surface area contributed by atoms with Gasteiger partial charge in [0.25, 0.3) is 5.91 Å². The van der Waals surface area contributed by atoms with Crippen molar-refractivity contribution in [3.8, 4) is 0 Å². The summed E-state index contributed by atoms with van der Waals surface area (Å²) in [6, 6.07) is 14.4. The van der Waals surface area contributed by atoms with Crippen LogP contribution in [0.5, 0.6) is 0 Å². The van der Waals surface area contributed by atoms with Crippen LogP contribution in [0.4, 0.5) is 5.69 Å². The van der Waals surface area contributed by atoms with Crippen molar-refractivity contribution < 1.29 is 13.2 Å². The number of rotatable bonds is 3. The first-order chi connectivity index (χ1) is 12.5. The topological polar surface area (TPSA) is 57.7 Å². The zero-order valence-electron chi connectivity index (χ0n) is 14.8. The van der Waals surface area contributed by atoms with Gasteiger partial charge in [-0.15, -0.1) is 0 Å². The molecule has 2 aliphatic heterocycles. The predicted octanol–water partition coefficient (Wildman–Crippen LogP) is 3.06. The minimum atomic E-state index is -3.44. The number of hydrogen-bond acceptors (Lipinski definition) is 3. The molecule has 0 radical (unpaired) electrons. The molecule has 0 bridgehead atoms. The molecule has 0 aliphatic carbocycles. The second-order valence-corrected chi connectivity index (χ2v) is 8.93. The number of hydrogen-bond donors (Lipinski definition) is 0. The Bertz CT molecular complexity index is 935. The van der Waals surface area contributed by atoms with E-state index >= 15 is 0 Å². The normalized spacial score (nSPS) is 20.3. The van der Waals surface area contributed by atoms with Crippen LogP contribution in [0.1, 0.15) is 35.7 Å². The van der Waals surface area contributed by atoms with Gasteiger partial charge >= 0.3 is 0 Å². The van der Waals surface area contributed by atoms with E-state index in [1.807, 2.05) is 25.1 Å². The van der Waals surface area contributed by atoms with E-state index in [0.29, 0.717) is 30.0 Å². The summed E-state index contributed by atoms with van der Waals surface area (Å²) in [7, 11) is -3.44. The van der Waals surface area contributed by atoms with E-state index in [1.165, 1.54) is 0 Å². The van der Waals surface area contributed by atoms with Gasteiger partial charge in [0.15, 0.2) is 0 Å². The molecule has 2 aromatic rings. The molecule has 1 fully saturated rings. The van der Waals surface area contributed by atoms with Gasteiger partial charge in [0.2, 0.25) is 10.0 Å². The highest BCUT2D eigenvalue weighted by Gasteiger charge is 2.34. The van der Waals surface area contributed by atoms with Crippen LogP contribution in [-0.2, 0) is 16.4 Å². The minimum Gasteiger partial charge on any atom is -0.305 e. The molecule has 0 spiro atoms. The van der Waals surface area contributed by atoms with Gasteiger partial charge in [0.05, 0.1) is 4.90 Å². The molecule has 1 atom stereocenters. The third kappa shape index (κ3) is 2.83. The number of benzene rings is 2. The molecule has 2 heterocycles. The van der Waals surface area contributed by atoms with Crippen molar-refractivity contribution in [2.24, 2.45) is 0 Å². The summed E-state index contributed by atoms with van der Waals surface area (Å²) in [5.74, 6) is -0.0491. The maximum atomic E-state index is 12.9. The highest BCUT2D eigenvalue weighted by molar-refractivity contribution is 7.89. The highest BCUT2D eigenvalue weighted by atomic mass is 32.2. The minimum absolute atomic E-state index is 0.00227. The SMILES string of the molecule is C[C@@H]1Cc2cc(S(=O)(=O)N3CCCC3)ccc2N1C(=O)c1ccccc1. The summed E-state index contributed by atoms with van der Waals surface area (Å²) in [6.45, 7) is 3.18. The first kappa shape index (κ1) is 17.2. The maximum absolute atomic E-state index is 12.9. The molecule has 1 saturated heterocycles. The summed E-state index contributed by atoms with van der Waals surface area (Å²) in [5.41, 5.74) is 2.37. The summed E-state index contributed by atoms with van der Waals surface area (Å²) in [6.07, 6.45) is 2.50. The highest BCUT2D eigenvalue weighted by Crippen LogP contribution is 2.35. The lowest BCUT2D eigenvalue weighted by atomic mass is 10.1. The zero-order valence-corrected chi connectivity index (χ0v) is 15.6. The number of carbonyl (C=O) groups excluding carboxylic acids is 1. The van der Waals surface area contributed by atoms with Gasteiger partial charge in [-0.3, -0.25) is 4.79 Å². The van der Waals surface area contributed by atoms with Gasteiger partial charge in [0, 0.05) is 30.4 Å². The van der Waals surface area contributed by atoms with Crippen molar-refractivity contribution in [1.82, 2.24) is 4.31 Å². The standard InChI is InChI=1S/C20H22N2O3S/c1-15-13-17-14-18(26(24,25)21-11-5-6-12-21)9-10-19(17)22(15)20(23)16-7-3-2-4-8-16/h2-4,7-10,14-15H,5-6,11-13H2,1H3/t15-/m1/s1. The van der Waals surface area contributed by atoms with Crippen molar-refractivity contribution >= 4 is 21.6 Å². The molecule has 26 heavy (non-hydrogen) atoms. The van der Waals surface area contributed by atoms with Crippen LogP contribution in [0.25, 0.3) is 0 Å². The third-order valence-electron chi connectivity index (χ3n) is 5.21. The molecule has 136 valence electrons. The van der Waals surface area contributed by atoms with Gasteiger partial charge in [-0.25, -0.2) is 8.42 Å². The summed E-state index contributed by atoms with van der Waals surface area (Å²) in [4.78, 5) is 15.0. The van der Waals surface area contributed by atoms with E-state index in [9.17, 15) is 13.2 Å². The Hall–Kier alpha value is -2.18. The van der Waals surface area contributed by atoms with Gasteiger partial charge in [-0.1, -0.05) is 18.2 Å². The summed E-state index contributed by atoms with van der Waals surface area (Å²) >= 11 is 0. The van der Waals surface area contributed by atoms with E-state index in [0.717, 1.165) is 24.1 Å². The molecule has 2 aliphatic rings. The molecule has 2 aromatic carbocycles. The smallest absolute Gasteiger partial charge is 0.258 e. The fraction of sp³-hybridized carbons (Fsp3) is 0.350. The number of fused-ring (bicyclic) bond motifs is 1. The average molecular weight is 370 g/mol. The maximum Gasteiger partial charge on any atom is 0.258 e. The van der Waals surface area contributed by atoms with Crippen LogP contribution in [0, 0.1) is 0 Å². The van der Waals surface area contributed by atoms with Crippen molar-refractivity contribution in [3.63, 3.8) is 0 Å². The number of nitrogens with zero attached hydrogens (tertiary/aromatic N) is 2. The molecule has 6 heteroatoms. The van der Waals surface area contributed by atoms with Crippen molar-refractivity contribution in [2.75, 3.05) is 18.0 Å². The van der Waals surface area contributed by atoms with Gasteiger partial charge < -0.3 is 4.90 Å². The number of carbonyl (C=O) groups is 1. The number of amides is 1. The second kappa shape index (κ2) is 6.52. The van der Waals surface area contributed by atoms with Crippen LogP contribution in [0.3, 0.4) is 0 Å². The van der Waals surface area contributed by atoms with Crippen LogP contribution >= 0.6 is 0 Å². The van der Waals surface area contributed by atoms with Gasteiger partial charge in [0.1, 0.15) is 0 Å². The molecule has 4 rings (SSSR count). The van der Waals surface area contributed by atoms with Crippen molar-refractivity contribution in [1.29, 1.82) is 0 Å². The summed E-state index contributed by atoms with van der Waals surface area (Å²) in [5, 5.41) is 0. The molecule has 0 unspecified atom stereocenters. The molecule has 0 aromatic heterocycles. The molecule has 1 amide bonds. The lowest BCUT2D eigenvalue weighted by Crippen LogP contribution is -2.35. The zero-order chi connectivity index (χ0) is 18.3. The monoisotopic (exact) mass is 370 g/mol. The van der Waals surface area contributed by atoms with Crippen molar-refractivity contribution in [3.05, 3.63) is 59.7 Å². The summed E-state index contributed by atoms with van der Waals surface area (Å²) < 4.78 is 27.2. The fourth-order valence-corrected chi connectivity index (χ4v) is 5.44. The van der Waals surface area contributed by atoms with Crippen LogP contribution < -0.4 is 4.90 Å². The molecular weight excluding hydrogens is 348 g/mol. The van der Waals surface area contributed by atoms with Crippen LogP contribution in [0.2, 0.25) is 0 Å². The predicted molar refractivity (Wildman–Crippen MR) is 101 cm³/mol. The fourth-order valence-electron chi connectivity index (χ4n) is 3.87. The third-order valence-corrected chi connectivity index (χ3v) is 7.10. The van der Waals surface area contributed by atoms with Crippen LogP contribution in [-0.4, -0.2) is 37.8 Å². The lowest BCUT2D eigenvalue weighted by Gasteiger charge is -2.23. The second-order valence-electron chi connectivity index (χ2n) is 7.00. The Morgan fingerprint density at radius 2 is 1.73 bits per heavy atom. The quantitative estimate of drug-likeness (QED) is 0.834. The Morgan fingerprint density at radius 1 is 1.04 bits per heavy atom. The first-order valence-electron chi connectivity index (χ1n) is 9.00. The van der Waals surface area contributed by atoms with Crippen LogP contribution in [0.15, 0.2) is 53.4 Å². The van der Waals surface area contributed by atoms with Gasteiger partial charge in [-0.2, -0.15) is 4.31 Å². The van der Waals surface area contributed by atoms with E-state index in [-0.39, 0.29) is 11.9 Å². The van der Waals surface area contributed by atoms with E-state index in [4.69, 9.17) is 0 Å². The number of anilines is 1. The number of sulfonamides is 1. The Kier molecular flexibility index (Phi) is 4.32. The molecule has 0 N–H and O–H groups in total. The Labute approximate surface area is 154 Å². The lowest BCUT2D eigenvalue weighted by molar-refractivity contribution is 0.0981. The first-order valence-corrected chi connectivity index (χ1v) is 10.4. The van der Waals surface area contributed by atoms with E-state index < -0.39 is 10.0 Å².